The first kappa shape index (κ1) is 12.7. The Morgan fingerprint density at radius 3 is 2.88 bits per heavy atom. The number of hydrogen-bond acceptors (Lipinski definition) is 3. The highest BCUT2D eigenvalue weighted by molar-refractivity contribution is 5.81. The predicted octanol–water partition coefficient (Wildman–Crippen LogP) is 0.373. The van der Waals surface area contributed by atoms with E-state index in [9.17, 15) is 4.79 Å². The van der Waals surface area contributed by atoms with Gasteiger partial charge in [-0.25, -0.2) is 4.98 Å². The first-order valence-corrected chi connectivity index (χ1v) is 5.60. The number of imidazole rings is 1. The van der Waals surface area contributed by atoms with Crippen LogP contribution in [0.15, 0.2) is 18.7 Å². The molecule has 0 aliphatic carbocycles. The number of hydrogen-bond donors (Lipinski definition) is 2. The normalized spacial score (nSPS) is 12.8. The molecule has 0 radical (unpaired) electrons. The number of carbonyl (C=O) groups excluding carboxylic acids is 1. The minimum Gasteiger partial charge on any atom is -0.355 e. The van der Waals surface area contributed by atoms with E-state index < -0.39 is 6.04 Å². The van der Waals surface area contributed by atoms with Gasteiger partial charge in [0.25, 0.3) is 0 Å². The summed E-state index contributed by atoms with van der Waals surface area (Å²) in [7, 11) is 0. The van der Waals surface area contributed by atoms with Gasteiger partial charge in [0.2, 0.25) is 5.91 Å². The Morgan fingerprint density at radius 1 is 1.56 bits per heavy atom. The average molecular weight is 224 g/mol. The van der Waals surface area contributed by atoms with E-state index in [1.165, 1.54) is 0 Å². The van der Waals surface area contributed by atoms with Crippen LogP contribution in [0.5, 0.6) is 0 Å². The van der Waals surface area contributed by atoms with Crippen LogP contribution in [0.25, 0.3) is 0 Å². The van der Waals surface area contributed by atoms with Crippen LogP contribution >= 0.6 is 0 Å². The standard InChI is InChI=1S/C11H20N4O/c1-9(2)10(12)11(16)14-4-3-6-15-7-5-13-8-15/h5,7-10H,3-4,6,12H2,1-2H3,(H,14,16). The summed E-state index contributed by atoms with van der Waals surface area (Å²) in [6.07, 6.45) is 6.30. The van der Waals surface area contributed by atoms with Crippen LogP contribution in [-0.4, -0.2) is 28.0 Å². The van der Waals surface area contributed by atoms with Gasteiger partial charge < -0.3 is 15.6 Å². The lowest BCUT2D eigenvalue weighted by Crippen LogP contribution is -2.44. The van der Waals surface area contributed by atoms with Crippen LogP contribution in [0.3, 0.4) is 0 Å². The van der Waals surface area contributed by atoms with Crippen molar-refractivity contribution >= 4 is 5.91 Å². The lowest BCUT2D eigenvalue weighted by Gasteiger charge is -2.15. The molecular formula is C11H20N4O. The number of aryl methyl sites for hydroxylation is 1. The van der Waals surface area contributed by atoms with Crippen molar-refractivity contribution in [3.63, 3.8) is 0 Å². The fraction of sp³-hybridized carbons (Fsp3) is 0.636. The maximum atomic E-state index is 11.5. The van der Waals surface area contributed by atoms with Crippen LogP contribution in [-0.2, 0) is 11.3 Å². The van der Waals surface area contributed by atoms with Gasteiger partial charge >= 0.3 is 0 Å². The van der Waals surface area contributed by atoms with Crippen molar-refractivity contribution < 1.29 is 4.79 Å². The summed E-state index contributed by atoms with van der Waals surface area (Å²) in [5.74, 6) is 0.106. The Labute approximate surface area is 96.0 Å². The first-order chi connectivity index (χ1) is 7.61. The molecule has 0 bridgehead atoms. The zero-order valence-corrected chi connectivity index (χ0v) is 9.89. The quantitative estimate of drug-likeness (QED) is 0.686. The van der Waals surface area contributed by atoms with Crippen LogP contribution in [0, 0.1) is 5.92 Å². The molecule has 1 aromatic rings. The van der Waals surface area contributed by atoms with Gasteiger partial charge in [-0.15, -0.1) is 0 Å². The van der Waals surface area contributed by atoms with E-state index in [0.717, 1.165) is 13.0 Å². The van der Waals surface area contributed by atoms with Crippen LogP contribution in [0.1, 0.15) is 20.3 Å². The molecule has 1 rings (SSSR count). The van der Waals surface area contributed by atoms with Gasteiger partial charge in [-0.2, -0.15) is 0 Å². The average Bonchev–Trinajstić information content (AvgIpc) is 2.75. The highest BCUT2D eigenvalue weighted by Gasteiger charge is 2.15. The molecule has 1 heterocycles. The summed E-state index contributed by atoms with van der Waals surface area (Å²) < 4.78 is 1.98. The monoisotopic (exact) mass is 224 g/mol. The van der Waals surface area contributed by atoms with E-state index in [0.29, 0.717) is 6.54 Å². The molecule has 1 amide bonds. The van der Waals surface area contributed by atoms with Crippen molar-refractivity contribution in [3.05, 3.63) is 18.7 Å². The van der Waals surface area contributed by atoms with Gasteiger partial charge in [0, 0.05) is 25.5 Å². The van der Waals surface area contributed by atoms with E-state index in [-0.39, 0.29) is 11.8 Å². The molecule has 1 aromatic heterocycles. The molecule has 1 atom stereocenters. The number of carbonyl (C=O) groups is 1. The van der Waals surface area contributed by atoms with Crippen molar-refractivity contribution in [2.45, 2.75) is 32.9 Å². The number of aromatic nitrogens is 2. The topological polar surface area (TPSA) is 72.9 Å². The zero-order valence-electron chi connectivity index (χ0n) is 9.89. The third-order valence-electron chi connectivity index (χ3n) is 2.47. The van der Waals surface area contributed by atoms with Crippen LogP contribution in [0.4, 0.5) is 0 Å². The summed E-state index contributed by atoms with van der Waals surface area (Å²) in [6.45, 7) is 5.39. The number of nitrogens with two attached hydrogens (primary N) is 1. The van der Waals surface area contributed by atoms with Gasteiger partial charge in [-0.1, -0.05) is 13.8 Å². The molecule has 5 heteroatoms. The third kappa shape index (κ3) is 4.02. The molecule has 0 saturated heterocycles. The maximum Gasteiger partial charge on any atom is 0.237 e. The molecular weight excluding hydrogens is 204 g/mol. The molecule has 5 nitrogen and oxygen atoms in total. The maximum absolute atomic E-state index is 11.5. The SMILES string of the molecule is CC(C)C(N)C(=O)NCCCn1ccnc1. The van der Waals surface area contributed by atoms with Crippen molar-refractivity contribution in [1.29, 1.82) is 0 Å². The second-order valence-corrected chi connectivity index (χ2v) is 4.21. The molecule has 0 saturated carbocycles. The Morgan fingerprint density at radius 2 is 2.31 bits per heavy atom. The summed E-state index contributed by atoms with van der Waals surface area (Å²) in [5.41, 5.74) is 5.71. The Hall–Kier alpha value is -1.36. The highest BCUT2D eigenvalue weighted by atomic mass is 16.2. The predicted molar refractivity (Wildman–Crippen MR) is 62.7 cm³/mol. The zero-order chi connectivity index (χ0) is 12.0. The molecule has 0 fully saturated rings. The van der Waals surface area contributed by atoms with Crippen LogP contribution in [0.2, 0.25) is 0 Å². The van der Waals surface area contributed by atoms with Gasteiger partial charge in [-0.3, -0.25) is 4.79 Å². The number of rotatable bonds is 6. The fourth-order valence-corrected chi connectivity index (χ4v) is 1.31. The van der Waals surface area contributed by atoms with Crippen molar-refractivity contribution in [2.75, 3.05) is 6.54 Å². The molecule has 0 aliphatic rings. The first-order valence-electron chi connectivity index (χ1n) is 5.60. The van der Waals surface area contributed by atoms with Crippen LogP contribution < -0.4 is 11.1 Å². The van der Waals surface area contributed by atoms with Crippen molar-refractivity contribution in [3.8, 4) is 0 Å². The van der Waals surface area contributed by atoms with Gasteiger partial charge in [0.05, 0.1) is 12.4 Å². The number of nitrogens with zero attached hydrogens (tertiary/aromatic N) is 2. The smallest absolute Gasteiger partial charge is 0.237 e. The minimum absolute atomic E-state index is 0.0689. The molecule has 16 heavy (non-hydrogen) atoms. The summed E-state index contributed by atoms with van der Waals surface area (Å²) in [4.78, 5) is 15.4. The third-order valence-corrected chi connectivity index (χ3v) is 2.47. The molecule has 0 aromatic carbocycles. The molecule has 1 unspecified atom stereocenters. The summed E-state index contributed by atoms with van der Waals surface area (Å²) >= 11 is 0. The van der Waals surface area contributed by atoms with Crippen molar-refractivity contribution in [2.24, 2.45) is 11.7 Å². The van der Waals surface area contributed by atoms with E-state index in [1.54, 1.807) is 12.5 Å². The Bertz CT molecular complexity index is 308. The number of nitrogens with one attached hydrogen (secondary N) is 1. The summed E-state index contributed by atoms with van der Waals surface area (Å²) in [5, 5.41) is 2.83. The molecule has 0 aliphatic heterocycles. The van der Waals surface area contributed by atoms with Gasteiger partial charge in [-0.05, 0) is 12.3 Å². The Kier molecular flexibility index (Phi) is 4.98. The lowest BCUT2D eigenvalue weighted by molar-refractivity contribution is -0.123. The van der Waals surface area contributed by atoms with E-state index in [1.807, 2.05) is 24.6 Å². The van der Waals surface area contributed by atoms with E-state index >= 15 is 0 Å². The van der Waals surface area contributed by atoms with Gasteiger partial charge in [0.15, 0.2) is 0 Å². The highest BCUT2D eigenvalue weighted by Crippen LogP contribution is 1.97. The second kappa shape index (κ2) is 6.27. The molecule has 0 spiro atoms. The minimum atomic E-state index is -0.409. The Balaban J connectivity index is 2.13. The van der Waals surface area contributed by atoms with Gasteiger partial charge in [0.1, 0.15) is 0 Å². The van der Waals surface area contributed by atoms with Crippen molar-refractivity contribution in [1.82, 2.24) is 14.9 Å². The van der Waals surface area contributed by atoms with E-state index in [4.69, 9.17) is 5.73 Å². The van der Waals surface area contributed by atoms with E-state index in [2.05, 4.69) is 10.3 Å². The summed E-state index contributed by atoms with van der Waals surface area (Å²) in [6, 6.07) is -0.409. The molecule has 3 N–H and O–H groups in total. The fourth-order valence-electron chi connectivity index (χ4n) is 1.31. The molecule has 90 valence electrons. The largest absolute Gasteiger partial charge is 0.355 e. The lowest BCUT2D eigenvalue weighted by atomic mass is 10.1. The second-order valence-electron chi connectivity index (χ2n) is 4.21. The number of amides is 1.